The van der Waals surface area contributed by atoms with Crippen molar-refractivity contribution in [1.82, 2.24) is 9.97 Å². The third kappa shape index (κ3) is 2.19. The average molecular weight is 207 g/mol. The Kier molecular flexibility index (Phi) is 2.75. The number of nitrogens with one attached hydrogen (secondary N) is 1. The van der Waals surface area contributed by atoms with Crippen molar-refractivity contribution in [3.63, 3.8) is 0 Å². The number of H-pyrrole nitrogens is 1. The summed E-state index contributed by atoms with van der Waals surface area (Å²) >= 11 is 0. The van der Waals surface area contributed by atoms with Crippen LogP contribution in [0.15, 0.2) is 10.9 Å². The Labute approximate surface area is 88.9 Å². The molecule has 1 aromatic rings. The fourth-order valence-corrected chi connectivity index (χ4v) is 2.38. The van der Waals surface area contributed by atoms with Crippen molar-refractivity contribution >= 4 is 5.82 Å². The Balaban J connectivity index is 2.20. The molecule has 0 amide bonds. The van der Waals surface area contributed by atoms with Crippen LogP contribution in [0.25, 0.3) is 0 Å². The predicted molar refractivity (Wildman–Crippen MR) is 59.6 cm³/mol. The molecule has 1 aliphatic rings. The number of aromatic amines is 1. The van der Waals surface area contributed by atoms with Crippen molar-refractivity contribution in [3.8, 4) is 0 Å². The average Bonchev–Trinajstić information content (AvgIpc) is 2.64. The molecule has 1 fully saturated rings. The van der Waals surface area contributed by atoms with E-state index in [1.807, 2.05) is 0 Å². The van der Waals surface area contributed by atoms with Gasteiger partial charge in [-0.3, -0.25) is 4.79 Å². The Hall–Kier alpha value is -1.32. The number of hydrogen-bond acceptors (Lipinski definition) is 3. The maximum absolute atomic E-state index is 11.2. The number of hydrogen-bond donors (Lipinski definition) is 2. The van der Waals surface area contributed by atoms with Crippen LogP contribution >= 0.6 is 0 Å². The molecule has 1 heterocycles. The van der Waals surface area contributed by atoms with E-state index in [0.29, 0.717) is 11.7 Å². The van der Waals surface area contributed by atoms with Crippen LogP contribution in [0.1, 0.15) is 44.3 Å². The van der Waals surface area contributed by atoms with Gasteiger partial charge in [-0.15, -0.1) is 0 Å². The molecule has 3 N–H and O–H groups in total. The highest BCUT2D eigenvalue weighted by atomic mass is 16.1. The summed E-state index contributed by atoms with van der Waals surface area (Å²) < 4.78 is 0. The van der Waals surface area contributed by atoms with Gasteiger partial charge in [-0.2, -0.15) is 0 Å². The third-order valence-electron chi connectivity index (χ3n) is 3.29. The first-order chi connectivity index (χ1) is 7.19. The van der Waals surface area contributed by atoms with Gasteiger partial charge in [-0.25, -0.2) is 4.98 Å². The molecule has 0 aliphatic heterocycles. The van der Waals surface area contributed by atoms with Crippen LogP contribution in [0.4, 0.5) is 5.82 Å². The van der Waals surface area contributed by atoms with E-state index < -0.39 is 0 Å². The van der Waals surface area contributed by atoms with Gasteiger partial charge in [-0.1, -0.05) is 13.3 Å². The summed E-state index contributed by atoms with van der Waals surface area (Å²) in [5.74, 6) is 2.28. The molecular formula is C11H17N3O. The van der Waals surface area contributed by atoms with Crippen molar-refractivity contribution in [2.75, 3.05) is 5.73 Å². The standard InChI is InChI=1S/C11H17N3O/c1-2-7-3-4-8(5-7)11-13-9(12)6-10(15)14-11/h6-8H,2-5H2,1H3,(H3,12,13,14,15). The number of anilines is 1. The van der Waals surface area contributed by atoms with E-state index in [0.717, 1.165) is 24.6 Å². The van der Waals surface area contributed by atoms with Crippen LogP contribution in [0.5, 0.6) is 0 Å². The van der Waals surface area contributed by atoms with Gasteiger partial charge in [0.15, 0.2) is 0 Å². The summed E-state index contributed by atoms with van der Waals surface area (Å²) in [6.45, 7) is 2.21. The highest BCUT2D eigenvalue weighted by Crippen LogP contribution is 2.37. The van der Waals surface area contributed by atoms with Crippen LogP contribution < -0.4 is 11.3 Å². The molecular weight excluding hydrogens is 190 g/mol. The summed E-state index contributed by atoms with van der Waals surface area (Å²) in [6, 6.07) is 1.33. The molecule has 2 unspecified atom stereocenters. The number of rotatable bonds is 2. The lowest BCUT2D eigenvalue weighted by Gasteiger charge is -2.09. The number of nitrogens with zero attached hydrogens (tertiary/aromatic N) is 1. The van der Waals surface area contributed by atoms with Crippen LogP contribution in [-0.4, -0.2) is 9.97 Å². The zero-order valence-corrected chi connectivity index (χ0v) is 8.99. The van der Waals surface area contributed by atoms with Crippen molar-refractivity contribution in [2.45, 2.75) is 38.5 Å². The van der Waals surface area contributed by atoms with Gasteiger partial charge in [0.25, 0.3) is 5.56 Å². The van der Waals surface area contributed by atoms with E-state index in [1.54, 1.807) is 0 Å². The quantitative estimate of drug-likeness (QED) is 0.774. The smallest absolute Gasteiger partial charge is 0.252 e. The molecule has 0 spiro atoms. The highest BCUT2D eigenvalue weighted by molar-refractivity contribution is 5.26. The third-order valence-corrected chi connectivity index (χ3v) is 3.29. The van der Waals surface area contributed by atoms with Crippen LogP contribution in [0.3, 0.4) is 0 Å². The monoisotopic (exact) mass is 207 g/mol. The van der Waals surface area contributed by atoms with E-state index in [4.69, 9.17) is 5.73 Å². The normalized spacial score (nSPS) is 25.7. The molecule has 0 aromatic carbocycles. The minimum absolute atomic E-state index is 0.141. The van der Waals surface area contributed by atoms with Gasteiger partial charge in [0, 0.05) is 12.0 Å². The van der Waals surface area contributed by atoms with Crippen molar-refractivity contribution in [1.29, 1.82) is 0 Å². The molecule has 1 aromatic heterocycles. The molecule has 82 valence electrons. The summed E-state index contributed by atoms with van der Waals surface area (Å²) in [4.78, 5) is 18.2. The largest absolute Gasteiger partial charge is 0.383 e. The lowest BCUT2D eigenvalue weighted by atomic mass is 10.0. The van der Waals surface area contributed by atoms with Crippen LogP contribution in [-0.2, 0) is 0 Å². The number of aromatic nitrogens is 2. The number of nitrogen functional groups attached to an aromatic ring is 1. The molecule has 15 heavy (non-hydrogen) atoms. The molecule has 1 aliphatic carbocycles. The van der Waals surface area contributed by atoms with Gasteiger partial charge in [0.1, 0.15) is 11.6 Å². The number of nitrogens with two attached hydrogens (primary N) is 1. The molecule has 0 saturated heterocycles. The van der Waals surface area contributed by atoms with Crippen LogP contribution in [0.2, 0.25) is 0 Å². The Bertz CT molecular complexity index is 399. The summed E-state index contributed by atoms with van der Waals surface area (Å²) in [5.41, 5.74) is 5.42. The SMILES string of the molecule is CCC1CCC(c2nc(N)cc(=O)[nH]2)C1. The minimum atomic E-state index is -0.141. The van der Waals surface area contributed by atoms with Gasteiger partial charge < -0.3 is 10.7 Å². The molecule has 2 atom stereocenters. The molecule has 4 heteroatoms. The summed E-state index contributed by atoms with van der Waals surface area (Å²) in [6.07, 6.45) is 4.69. The highest BCUT2D eigenvalue weighted by Gasteiger charge is 2.26. The van der Waals surface area contributed by atoms with E-state index in [2.05, 4.69) is 16.9 Å². The minimum Gasteiger partial charge on any atom is -0.383 e. The first kappa shape index (κ1) is 10.2. The molecule has 1 saturated carbocycles. The second-order valence-electron chi connectivity index (χ2n) is 4.34. The second-order valence-corrected chi connectivity index (χ2v) is 4.34. The van der Waals surface area contributed by atoms with Gasteiger partial charge >= 0.3 is 0 Å². The van der Waals surface area contributed by atoms with Gasteiger partial charge in [0.05, 0.1) is 0 Å². The van der Waals surface area contributed by atoms with Crippen molar-refractivity contribution in [3.05, 3.63) is 22.2 Å². The summed E-state index contributed by atoms with van der Waals surface area (Å²) in [5, 5.41) is 0. The van der Waals surface area contributed by atoms with E-state index in [1.165, 1.54) is 18.9 Å². The van der Waals surface area contributed by atoms with Crippen LogP contribution in [0, 0.1) is 5.92 Å². The molecule has 4 nitrogen and oxygen atoms in total. The maximum atomic E-state index is 11.2. The Morgan fingerprint density at radius 3 is 3.00 bits per heavy atom. The van der Waals surface area contributed by atoms with Gasteiger partial charge in [-0.05, 0) is 25.2 Å². The first-order valence-electron chi connectivity index (χ1n) is 5.55. The lowest BCUT2D eigenvalue weighted by Crippen LogP contribution is -2.14. The second kappa shape index (κ2) is 4.04. The van der Waals surface area contributed by atoms with E-state index in [-0.39, 0.29) is 5.56 Å². The fraction of sp³-hybridized carbons (Fsp3) is 0.636. The molecule has 0 radical (unpaired) electrons. The fourth-order valence-electron chi connectivity index (χ4n) is 2.38. The first-order valence-corrected chi connectivity index (χ1v) is 5.55. The zero-order valence-electron chi connectivity index (χ0n) is 8.99. The molecule has 2 rings (SSSR count). The maximum Gasteiger partial charge on any atom is 0.252 e. The molecule has 0 bridgehead atoms. The van der Waals surface area contributed by atoms with Gasteiger partial charge in [0.2, 0.25) is 0 Å². The lowest BCUT2D eigenvalue weighted by molar-refractivity contribution is 0.516. The van der Waals surface area contributed by atoms with E-state index >= 15 is 0 Å². The Morgan fingerprint density at radius 1 is 1.60 bits per heavy atom. The Morgan fingerprint density at radius 2 is 2.40 bits per heavy atom. The predicted octanol–water partition coefficient (Wildman–Crippen LogP) is 1.65. The topological polar surface area (TPSA) is 71.8 Å². The summed E-state index contributed by atoms with van der Waals surface area (Å²) in [7, 11) is 0. The van der Waals surface area contributed by atoms with Crippen molar-refractivity contribution in [2.24, 2.45) is 5.92 Å². The zero-order chi connectivity index (χ0) is 10.8. The van der Waals surface area contributed by atoms with E-state index in [9.17, 15) is 4.79 Å². The van der Waals surface area contributed by atoms with Crippen molar-refractivity contribution < 1.29 is 0 Å².